The van der Waals surface area contributed by atoms with Gasteiger partial charge in [0.05, 0.1) is 21.8 Å². The van der Waals surface area contributed by atoms with Gasteiger partial charge in [0.2, 0.25) is 5.91 Å². The molecule has 0 aliphatic carbocycles. The molecule has 1 saturated heterocycles. The molecule has 5 heterocycles. The third kappa shape index (κ3) is 5.28. The lowest BCUT2D eigenvalue weighted by Gasteiger charge is -2.33. The van der Waals surface area contributed by atoms with Crippen molar-refractivity contribution in [2.45, 2.75) is 44.1 Å². The molecule has 37 heavy (non-hydrogen) atoms. The van der Waals surface area contributed by atoms with Gasteiger partial charge in [-0.2, -0.15) is 0 Å². The Morgan fingerprint density at radius 3 is 2.86 bits per heavy atom. The number of fused-ring (bicyclic) bond motifs is 2. The second kappa shape index (κ2) is 9.94. The van der Waals surface area contributed by atoms with Gasteiger partial charge in [-0.3, -0.25) is 4.79 Å². The molecule has 194 valence electrons. The highest BCUT2D eigenvalue weighted by atomic mass is 32.1. The summed E-state index contributed by atoms with van der Waals surface area (Å²) in [4.78, 5) is 29.9. The summed E-state index contributed by atoms with van der Waals surface area (Å²) in [6.45, 7) is 2.51. The zero-order valence-corrected chi connectivity index (χ0v) is 21.2. The van der Waals surface area contributed by atoms with E-state index in [4.69, 9.17) is 0 Å². The van der Waals surface area contributed by atoms with Crippen LogP contribution in [-0.4, -0.2) is 75.3 Å². The number of piperidine rings is 1. The van der Waals surface area contributed by atoms with Crippen LogP contribution in [0.5, 0.6) is 0 Å². The third-order valence-corrected chi connectivity index (χ3v) is 8.32. The number of alkyl halides is 2. The fourth-order valence-electron chi connectivity index (χ4n) is 5.29. The molecule has 1 fully saturated rings. The second-order valence-corrected chi connectivity index (χ2v) is 10.8. The van der Waals surface area contributed by atoms with Gasteiger partial charge in [-0.1, -0.05) is 6.08 Å². The zero-order chi connectivity index (χ0) is 25.4. The molecular formula is C26H29F2N7OS. The van der Waals surface area contributed by atoms with E-state index < -0.39 is 5.92 Å². The summed E-state index contributed by atoms with van der Waals surface area (Å²) in [7, 11) is 0. The van der Waals surface area contributed by atoms with E-state index in [2.05, 4.69) is 37.7 Å². The van der Waals surface area contributed by atoms with E-state index in [1.54, 1.807) is 17.7 Å². The highest BCUT2D eigenvalue weighted by Crippen LogP contribution is 2.35. The topological polar surface area (TPSA) is 86.3 Å². The summed E-state index contributed by atoms with van der Waals surface area (Å²) >= 11 is 1.61. The molecule has 8 nitrogen and oxygen atoms in total. The molecule has 3 aromatic rings. The van der Waals surface area contributed by atoms with Crippen molar-refractivity contribution in [3.8, 4) is 0 Å². The van der Waals surface area contributed by atoms with Crippen LogP contribution in [0.3, 0.4) is 0 Å². The lowest BCUT2D eigenvalue weighted by Crippen LogP contribution is -2.42. The average Bonchev–Trinajstić information content (AvgIpc) is 3.55. The molecule has 2 N–H and O–H groups in total. The number of rotatable bonds is 6. The molecule has 6 rings (SSSR count). The Hall–Kier alpha value is -3.18. The van der Waals surface area contributed by atoms with E-state index >= 15 is 0 Å². The van der Waals surface area contributed by atoms with Crippen molar-refractivity contribution < 1.29 is 13.6 Å². The minimum atomic E-state index is -2.55. The summed E-state index contributed by atoms with van der Waals surface area (Å²) < 4.78 is 27.8. The standard InChI is InChI=1S/C26H29F2N7OS/c27-26(28)6-11-34(12-7-26)8-5-23(36)35-9-3-17(4-10-35)21-14-19-24(29-15-30-25(19)33-21)32-18-1-2-20-22(13-18)37-16-31-20/h1-3,13,15-16,21H,4-12,14H2,(H2,29,30,32,33). The summed E-state index contributed by atoms with van der Waals surface area (Å²) in [5.41, 5.74) is 6.13. The fourth-order valence-corrected chi connectivity index (χ4v) is 6.01. The van der Waals surface area contributed by atoms with Gasteiger partial charge in [-0.05, 0) is 30.2 Å². The van der Waals surface area contributed by atoms with Gasteiger partial charge in [0.25, 0.3) is 5.92 Å². The van der Waals surface area contributed by atoms with Crippen molar-refractivity contribution in [2.24, 2.45) is 0 Å². The van der Waals surface area contributed by atoms with E-state index in [9.17, 15) is 13.6 Å². The zero-order valence-electron chi connectivity index (χ0n) is 20.4. The first-order valence-corrected chi connectivity index (χ1v) is 13.6. The number of thiazole rings is 1. The van der Waals surface area contributed by atoms with Crippen LogP contribution < -0.4 is 10.6 Å². The smallest absolute Gasteiger partial charge is 0.250 e. The highest BCUT2D eigenvalue weighted by molar-refractivity contribution is 7.16. The van der Waals surface area contributed by atoms with Crippen molar-refractivity contribution in [3.63, 3.8) is 0 Å². The van der Waals surface area contributed by atoms with Crippen LogP contribution in [0.4, 0.5) is 26.1 Å². The maximum absolute atomic E-state index is 13.4. The molecule has 0 saturated carbocycles. The van der Waals surface area contributed by atoms with Crippen LogP contribution >= 0.6 is 11.3 Å². The maximum Gasteiger partial charge on any atom is 0.250 e. The Kier molecular flexibility index (Phi) is 6.49. The molecule has 0 spiro atoms. The largest absolute Gasteiger partial charge is 0.363 e. The maximum atomic E-state index is 13.4. The highest BCUT2D eigenvalue weighted by Gasteiger charge is 2.34. The summed E-state index contributed by atoms with van der Waals surface area (Å²) in [6.07, 6.45) is 5.44. The Bertz CT molecular complexity index is 1330. The second-order valence-electron chi connectivity index (χ2n) is 9.93. The van der Waals surface area contributed by atoms with E-state index in [1.807, 2.05) is 27.4 Å². The number of amides is 1. The first-order valence-electron chi connectivity index (χ1n) is 12.7. The Morgan fingerprint density at radius 1 is 1.19 bits per heavy atom. The molecule has 1 atom stereocenters. The number of carbonyl (C=O) groups excluding carboxylic acids is 1. The van der Waals surface area contributed by atoms with Crippen molar-refractivity contribution >= 4 is 44.8 Å². The number of likely N-dealkylation sites (tertiary alicyclic amines) is 1. The minimum Gasteiger partial charge on any atom is -0.363 e. The van der Waals surface area contributed by atoms with Crippen molar-refractivity contribution in [1.29, 1.82) is 0 Å². The lowest BCUT2D eigenvalue weighted by atomic mass is 9.97. The average molecular weight is 526 g/mol. The number of aromatic nitrogens is 3. The molecule has 11 heteroatoms. The van der Waals surface area contributed by atoms with E-state index in [0.717, 1.165) is 45.9 Å². The lowest BCUT2D eigenvalue weighted by molar-refractivity contribution is -0.131. The molecule has 3 aliphatic heterocycles. The van der Waals surface area contributed by atoms with Gasteiger partial charge in [0.15, 0.2) is 0 Å². The first-order chi connectivity index (χ1) is 17.9. The third-order valence-electron chi connectivity index (χ3n) is 7.53. The number of anilines is 3. The number of benzene rings is 1. The Morgan fingerprint density at radius 2 is 2.05 bits per heavy atom. The molecule has 3 aliphatic rings. The number of nitrogens with zero attached hydrogens (tertiary/aromatic N) is 5. The van der Waals surface area contributed by atoms with Crippen molar-refractivity contribution in [1.82, 2.24) is 24.8 Å². The predicted octanol–water partition coefficient (Wildman–Crippen LogP) is 4.45. The van der Waals surface area contributed by atoms with Crippen LogP contribution in [0.2, 0.25) is 0 Å². The van der Waals surface area contributed by atoms with Crippen molar-refractivity contribution in [2.75, 3.05) is 43.4 Å². The number of halogens is 2. The fraction of sp³-hybridized carbons (Fsp3) is 0.462. The van der Waals surface area contributed by atoms with E-state index in [1.165, 1.54) is 5.57 Å². The number of hydrogen-bond donors (Lipinski definition) is 2. The van der Waals surface area contributed by atoms with Crippen LogP contribution in [0, 0.1) is 0 Å². The van der Waals surface area contributed by atoms with E-state index in [0.29, 0.717) is 39.1 Å². The van der Waals surface area contributed by atoms with Crippen molar-refractivity contribution in [3.05, 3.63) is 47.2 Å². The number of carbonyl (C=O) groups is 1. The molecular weight excluding hydrogens is 496 g/mol. The van der Waals surface area contributed by atoms with Crippen LogP contribution in [-0.2, 0) is 11.2 Å². The molecule has 1 aromatic carbocycles. The van der Waals surface area contributed by atoms with Gasteiger partial charge in [0, 0.05) is 69.7 Å². The van der Waals surface area contributed by atoms with Gasteiger partial charge in [-0.15, -0.1) is 11.3 Å². The van der Waals surface area contributed by atoms with Gasteiger partial charge in [-0.25, -0.2) is 23.7 Å². The normalized spacial score (nSPS) is 21.4. The van der Waals surface area contributed by atoms with Gasteiger partial charge >= 0.3 is 0 Å². The van der Waals surface area contributed by atoms with Crippen LogP contribution in [0.25, 0.3) is 10.2 Å². The molecule has 0 radical (unpaired) electrons. The molecule has 0 bridgehead atoms. The minimum absolute atomic E-state index is 0.0885. The SMILES string of the molecule is O=C(CCN1CCC(F)(F)CC1)N1CC=C(C2Cc3c(Nc4ccc5ncsc5c4)ncnc3N2)CC1. The summed E-state index contributed by atoms with van der Waals surface area (Å²) in [5, 5.41) is 6.98. The predicted molar refractivity (Wildman–Crippen MR) is 141 cm³/mol. The number of hydrogen-bond acceptors (Lipinski definition) is 8. The Labute approximate surface area is 217 Å². The van der Waals surface area contributed by atoms with Crippen LogP contribution in [0.15, 0.2) is 41.7 Å². The Balaban J connectivity index is 1.04. The summed E-state index contributed by atoms with van der Waals surface area (Å²) in [5.74, 6) is -0.827. The quantitative estimate of drug-likeness (QED) is 0.460. The van der Waals surface area contributed by atoms with Gasteiger partial charge < -0.3 is 20.4 Å². The molecule has 2 aromatic heterocycles. The van der Waals surface area contributed by atoms with Crippen LogP contribution in [0.1, 0.15) is 31.2 Å². The van der Waals surface area contributed by atoms with Gasteiger partial charge in [0.1, 0.15) is 18.0 Å². The molecule has 1 amide bonds. The molecule has 1 unspecified atom stereocenters. The first kappa shape index (κ1) is 24.2. The number of nitrogens with one attached hydrogen (secondary N) is 2. The summed E-state index contributed by atoms with van der Waals surface area (Å²) in [6, 6.07) is 6.22. The monoisotopic (exact) mass is 525 g/mol. The van der Waals surface area contributed by atoms with E-state index in [-0.39, 0.29) is 24.8 Å².